The molecule has 3 aromatic rings. The molecule has 0 bridgehead atoms. The normalized spacial score (nSPS) is 12.4. The first-order valence-electron chi connectivity index (χ1n) is 6.35. The highest BCUT2D eigenvalue weighted by molar-refractivity contribution is 5.86. The van der Waals surface area contributed by atoms with Gasteiger partial charge in [-0.3, -0.25) is 9.89 Å². The number of carbonyl (C=O) groups is 1. The molecule has 0 saturated carbocycles. The minimum absolute atomic E-state index is 0.0978. The van der Waals surface area contributed by atoms with Gasteiger partial charge in [-0.2, -0.15) is 5.10 Å². The maximum Gasteiger partial charge on any atom is 0.226 e. The second-order valence-corrected chi connectivity index (χ2v) is 4.62. The van der Waals surface area contributed by atoms with E-state index in [1.54, 1.807) is 12.4 Å². The van der Waals surface area contributed by atoms with E-state index in [1.807, 2.05) is 31.2 Å². The van der Waals surface area contributed by atoms with Crippen LogP contribution >= 0.6 is 0 Å². The van der Waals surface area contributed by atoms with Crippen LogP contribution in [0.2, 0.25) is 0 Å². The summed E-state index contributed by atoms with van der Waals surface area (Å²) in [5.74, 6) is -0.0993. The molecule has 0 aliphatic carbocycles. The van der Waals surface area contributed by atoms with Crippen molar-refractivity contribution in [3.8, 4) is 0 Å². The van der Waals surface area contributed by atoms with Crippen molar-refractivity contribution in [2.24, 2.45) is 0 Å². The van der Waals surface area contributed by atoms with E-state index in [4.69, 9.17) is 4.52 Å². The molecular formula is C14H14N4O2. The number of rotatable bonds is 4. The van der Waals surface area contributed by atoms with Gasteiger partial charge >= 0.3 is 0 Å². The third-order valence-electron chi connectivity index (χ3n) is 3.18. The van der Waals surface area contributed by atoms with Crippen LogP contribution in [0.15, 0.2) is 41.2 Å². The Kier molecular flexibility index (Phi) is 3.20. The Bertz CT molecular complexity index is 718. The van der Waals surface area contributed by atoms with E-state index in [0.29, 0.717) is 11.3 Å². The second kappa shape index (κ2) is 5.16. The number of carbonyl (C=O) groups excluding carboxylic acids is 1. The molecule has 1 amide bonds. The van der Waals surface area contributed by atoms with Gasteiger partial charge in [0.25, 0.3) is 0 Å². The Morgan fingerprint density at radius 2 is 2.30 bits per heavy atom. The van der Waals surface area contributed by atoms with Crippen LogP contribution in [-0.4, -0.2) is 21.3 Å². The summed E-state index contributed by atoms with van der Waals surface area (Å²) in [6.07, 6.45) is 3.64. The van der Waals surface area contributed by atoms with Crippen LogP contribution in [0.5, 0.6) is 0 Å². The number of nitrogens with one attached hydrogen (secondary N) is 2. The second-order valence-electron chi connectivity index (χ2n) is 4.62. The Labute approximate surface area is 115 Å². The third-order valence-corrected chi connectivity index (χ3v) is 3.18. The Balaban J connectivity index is 1.70. The predicted octanol–water partition coefficient (Wildman–Crippen LogP) is 1.97. The fraction of sp³-hybridized carbons (Fsp3) is 0.214. The van der Waals surface area contributed by atoms with Crippen LogP contribution in [0.25, 0.3) is 11.0 Å². The van der Waals surface area contributed by atoms with Crippen LogP contribution < -0.4 is 5.32 Å². The number of nitrogens with zero attached hydrogens (tertiary/aromatic N) is 2. The van der Waals surface area contributed by atoms with Gasteiger partial charge < -0.3 is 9.84 Å². The third kappa shape index (κ3) is 2.40. The Hall–Kier alpha value is -2.63. The Morgan fingerprint density at radius 1 is 1.45 bits per heavy atom. The minimum Gasteiger partial charge on any atom is -0.356 e. The first kappa shape index (κ1) is 12.4. The number of H-pyrrole nitrogens is 1. The lowest BCUT2D eigenvalue weighted by Crippen LogP contribution is -2.28. The van der Waals surface area contributed by atoms with Crippen molar-refractivity contribution in [1.29, 1.82) is 0 Å². The topological polar surface area (TPSA) is 83.8 Å². The van der Waals surface area contributed by atoms with Crippen molar-refractivity contribution in [3.63, 3.8) is 0 Å². The lowest BCUT2D eigenvalue weighted by atomic mass is 10.1. The molecule has 0 radical (unpaired) electrons. The summed E-state index contributed by atoms with van der Waals surface area (Å²) in [6.45, 7) is 1.91. The van der Waals surface area contributed by atoms with Gasteiger partial charge in [-0.15, -0.1) is 0 Å². The highest BCUT2D eigenvalue weighted by atomic mass is 16.5. The standard InChI is InChI=1S/C14H14N4O2/c1-9(10-7-15-16-8-10)17-14(19)6-12-11-4-2-3-5-13(11)20-18-12/h2-5,7-9H,6H2,1H3,(H,15,16)(H,17,19). The van der Waals surface area contributed by atoms with Gasteiger partial charge in [-0.05, 0) is 19.1 Å². The SMILES string of the molecule is CC(NC(=O)Cc1noc2ccccc12)c1cn[nH]c1. The molecule has 102 valence electrons. The molecule has 2 aromatic heterocycles. The Morgan fingerprint density at radius 3 is 3.10 bits per heavy atom. The molecule has 2 heterocycles. The lowest BCUT2D eigenvalue weighted by molar-refractivity contribution is -0.121. The summed E-state index contributed by atoms with van der Waals surface area (Å²) in [4.78, 5) is 12.0. The fourth-order valence-corrected chi connectivity index (χ4v) is 2.09. The molecule has 1 unspecified atom stereocenters. The summed E-state index contributed by atoms with van der Waals surface area (Å²) < 4.78 is 5.18. The summed E-state index contributed by atoms with van der Waals surface area (Å²) in [6, 6.07) is 7.40. The van der Waals surface area contributed by atoms with Crippen molar-refractivity contribution in [1.82, 2.24) is 20.7 Å². The van der Waals surface area contributed by atoms with Crippen LogP contribution in [0, 0.1) is 0 Å². The maximum absolute atomic E-state index is 12.0. The van der Waals surface area contributed by atoms with E-state index < -0.39 is 0 Å². The molecule has 20 heavy (non-hydrogen) atoms. The zero-order valence-corrected chi connectivity index (χ0v) is 11.0. The smallest absolute Gasteiger partial charge is 0.226 e. The predicted molar refractivity (Wildman–Crippen MR) is 72.9 cm³/mol. The molecule has 6 heteroatoms. The van der Waals surface area contributed by atoms with Crippen LogP contribution in [-0.2, 0) is 11.2 Å². The van der Waals surface area contributed by atoms with E-state index >= 15 is 0 Å². The highest BCUT2D eigenvalue weighted by Gasteiger charge is 2.14. The highest BCUT2D eigenvalue weighted by Crippen LogP contribution is 2.18. The van der Waals surface area contributed by atoms with E-state index in [1.165, 1.54) is 0 Å². The fourth-order valence-electron chi connectivity index (χ4n) is 2.09. The molecule has 2 N–H and O–H groups in total. The molecular weight excluding hydrogens is 256 g/mol. The molecule has 0 aliphatic heterocycles. The molecule has 3 rings (SSSR count). The molecule has 0 spiro atoms. The lowest BCUT2D eigenvalue weighted by Gasteiger charge is -2.11. The summed E-state index contributed by atoms with van der Waals surface area (Å²) in [5, 5.41) is 14.3. The van der Waals surface area contributed by atoms with Crippen LogP contribution in [0.4, 0.5) is 0 Å². The zero-order valence-electron chi connectivity index (χ0n) is 11.0. The number of fused-ring (bicyclic) bond motifs is 1. The van der Waals surface area contributed by atoms with E-state index in [0.717, 1.165) is 10.9 Å². The monoisotopic (exact) mass is 270 g/mol. The van der Waals surface area contributed by atoms with Crippen molar-refractivity contribution in [2.75, 3.05) is 0 Å². The average Bonchev–Trinajstić information content (AvgIpc) is 3.09. The van der Waals surface area contributed by atoms with Gasteiger partial charge in [0.15, 0.2) is 5.58 Å². The van der Waals surface area contributed by atoms with Gasteiger partial charge in [-0.25, -0.2) is 0 Å². The van der Waals surface area contributed by atoms with Gasteiger partial charge in [0, 0.05) is 17.1 Å². The van der Waals surface area contributed by atoms with Gasteiger partial charge in [0.05, 0.1) is 18.7 Å². The number of aromatic nitrogens is 3. The number of hydrogen-bond donors (Lipinski definition) is 2. The minimum atomic E-state index is -0.0993. The number of benzene rings is 1. The molecule has 1 aromatic carbocycles. The molecule has 0 aliphatic rings. The summed E-state index contributed by atoms with van der Waals surface area (Å²) in [7, 11) is 0. The number of para-hydroxylation sites is 1. The van der Waals surface area contributed by atoms with Crippen molar-refractivity contribution in [3.05, 3.63) is 47.9 Å². The summed E-state index contributed by atoms with van der Waals surface area (Å²) >= 11 is 0. The number of aromatic amines is 1. The zero-order chi connectivity index (χ0) is 13.9. The quantitative estimate of drug-likeness (QED) is 0.759. The van der Waals surface area contributed by atoms with E-state index in [2.05, 4.69) is 20.7 Å². The van der Waals surface area contributed by atoms with Crippen LogP contribution in [0.1, 0.15) is 24.2 Å². The van der Waals surface area contributed by atoms with Gasteiger partial charge in [0.2, 0.25) is 5.91 Å². The molecule has 0 saturated heterocycles. The van der Waals surface area contributed by atoms with Crippen molar-refractivity contribution in [2.45, 2.75) is 19.4 Å². The van der Waals surface area contributed by atoms with Crippen molar-refractivity contribution >= 4 is 16.9 Å². The van der Waals surface area contributed by atoms with Gasteiger partial charge in [0.1, 0.15) is 5.69 Å². The van der Waals surface area contributed by atoms with Gasteiger partial charge in [-0.1, -0.05) is 17.3 Å². The first-order chi connectivity index (χ1) is 9.74. The van der Waals surface area contributed by atoms with E-state index in [9.17, 15) is 4.79 Å². The largest absolute Gasteiger partial charge is 0.356 e. The maximum atomic E-state index is 12.0. The molecule has 0 fully saturated rings. The van der Waals surface area contributed by atoms with Crippen LogP contribution in [0.3, 0.4) is 0 Å². The average molecular weight is 270 g/mol. The van der Waals surface area contributed by atoms with E-state index in [-0.39, 0.29) is 18.4 Å². The van der Waals surface area contributed by atoms with Crippen molar-refractivity contribution < 1.29 is 9.32 Å². The molecule has 6 nitrogen and oxygen atoms in total. The first-order valence-corrected chi connectivity index (χ1v) is 6.35. The molecule has 1 atom stereocenters. The summed E-state index contributed by atoms with van der Waals surface area (Å²) in [5.41, 5.74) is 2.28. The number of amides is 1. The number of hydrogen-bond acceptors (Lipinski definition) is 4.